The zero-order valence-electron chi connectivity index (χ0n) is 11.9. The van der Waals surface area contributed by atoms with Crippen molar-refractivity contribution in [1.29, 1.82) is 0 Å². The molecule has 2 amide bonds. The van der Waals surface area contributed by atoms with Gasteiger partial charge >= 0.3 is 6.03 Å². The van der Waals surface area contributed by atoms with Gasteiger partial charge in [0, 0.05) is 6.54 Å². The van der Waals surface area contributed by atoms with Crippen LogP contribution in [0.15, 0.2) is 42.6 Å². The third-order valence-corrected chi connectivity index (χ3v) is 3.06. The van der Waals surface area contributed by atoms with Crippen molar-refractivity contribution >= 4 is 17.4 Å². The maximum atomic E-state index is 12.8. The van der Waals surface area contributed by atoms with Gasteiger partial charge in [-0.25, -0.2) is 18.7 Å². The van der Waals surface area contributed by atoms with Crippen molar-refractivity contribution in [3.05, 3.63) is 59.8 Å². The highest BCUT2D eigenvalue weighted by molar-refractivity contribution is 5.89. The van der Waals surface area contributed by atoms with E-state index >= 15 is 0 Å². The van der Waals surface area contributed by atoms with Crippen LogP contribution in [0.25, 0.3) is 5.65 Å². The Kier molecular flexibility index (Phi) is 3.69. The number of urea groups is 1. The van der Waals surface area contributed by atoms with E-state index < -0.39 is 0 Å². The van der Waals surface area contributed by atoms with Gasteiger partial charge < -0.3 is 10.6 Å². The van der Waals surface area contributed by atoms with Crippen LogP contribution in [0.1, 0.15) is 11.4 Å². The van der Waals surface area contributed by atoms with Gasteiger partial charge in [-0.2, -0.15) is 5.10 Å². The standard InChI is InChI=1S/C15H14FN5O/c1-10-18-14-7-6-13(9-21(14)20-10)19-15(22)17-8-11-2-4-12(16)5-3-11/h2-7,9H,8H2,1H3,(H2,17,19,22). The van der Waals surface area contributed by atoms with Crippen molar-refractivity contribution in [3.8, 4) is 0 Å². The molecule has 112 valence electrons. The number of pyridine rings is 1. The van der Waals surface area contributed by atoms with Gasteiger partial charge in [0.25, 0.3) is 0 Å². The molecule has 0 aliphatic heterocycles. The minimum Gasteiger partial charge on any atom is -0.334 e. The van der Waals surface area contributed by atoms with Crippen LogP contribution in [0, 0.1) is 12.7 Å². The molecule has 0 radical (unpaired) electrons. The SMILES string of the molecule is Cc1nc2ccc(NC(=O)NCc3ccc(F)cc3)cn2n1. The number of nitrogens with zero attached hydrogens (tertiary/aromatic N) is 3. The number of aryl methyl sites for hydroxylation is 1. The Morgan fingerprint density at radius 1 is 1.23 bits per heavy atom. The van der Waals surface area contributed by atoms with Crippen LogP contribution in [0.4, 0.5) is 14.9 Å². The van der Waals surface area contributed by atoms with Gasteiger partial charge in [0.2, 0.25) is 0 Å². The molecule has 6 nitrogen and oxygen atoms in total. The van der Waals surface area contributed by atoms with E-state index in [-0.39, 0.29) is 11.8 Å². The van der Waals surface area contributed by atoms with E-state index in [1.54, 1.807) is 41.9 Å². The summed E-state index contributed by atoms with van der Waals surface area (Å²) in [5.74, 6) is 0.363. The van der Waals surface area contributed by atoms with Gasteiger partial charge in [-0.05, 0) is 36.8 Å². The first-order chi connectivity index (χ1) is 10.6. The lowest BCUT2D eigenvalue weighted by Crippen LogP contribution is -2.28. The summed E-state index contributed by atoms with van der Waals surface area (Å²) in [5, 5.41) is 9.60. The second kappa shape index (κ2) is 5.80. The highest BCUT2D eigenvalue weighted by atomic mass is 19.1. The van der Waals surface area contributed by atoms with Crippen molar-refractivity contribution in [2.24, 2.45) is 0 Å². The summed E-state index contributed by atoms with van der Waals surface area (Å²) in [6.07, 6.45) is 1.69. The first-order valence-corrected chi connectivity index (χ1v) is 6.72. The summed E-state index contributed by atoms with van der Waals surface area (Å²) in [6.45, 7) is 2.12. The normalized spacial score (nSPS) is 10.6. The largest absolute Gasteiger partial charge is 0.334 e. The van der Waals surface area contributed by atoms with Crippen molar-refractivity contribution in [1.82, 2.24) is 19.9 Å². The van der Waals surface area contributed by atoms with Crippen molar-refractivity contribution in [3.63, 3.8) is 0 Å². The van der Waals surface area contributed by atoms with Crippen LogP contribution in [0.5, 0.6) is 0 Å². The maximum absolute atomic E-state index is 12.8. The fraction of sp³-hybridized carbons (Fsp3) is 0.133. The average Bonchev–Trinajstić information content (AvgIpc) is 2.86. The second-order valence-electron chi connectivity index (χ2n) is 4.81. The van der Waals surface area contributed by atoms with Crippen LogP contribution >= 0.6 is 0 Å². The van der Waals surface area contributed by atoms with Gasteiger partial charge in [0.15, 0.2) is 5.65 Å². The molecule has 0 aliphatic rings. The molecule has 0 aliphatic carbocycles. The summed E-state index contributed by atoms with van der Waals surface area (Å²) in [7, 11) is 0. The number of hydrogen-bond donors (Lipinski definition) is 2. The summed E-state index contributed by atoms with van der Waals surface area (Å²) in [4.78, 5) is 16.1. The number of aromatic nitrogens is 3. The van der Waals surface area contributed by atoms with Crippen LogP contribution in [-0.2, 0) is 6.54 Å². The Bertz CT molecular complexity index is 812. The van der Waals surface area contributed by atoms with E-state index in [1.165, 1.54) is 12.1 Å². The van der Waals surface area contributed by atoms with Crippen LogP contribution in [0.2, 0.25) is 0 Å². The van der Waals surface area contributed by atoms with E-state index in [0.29, 0.717) is 18.1 Å². The molecule has 1 aromatic carbocycles. The zero-order chi connectivity index (χ0) is 15.5. The molecule has 22 heavy (non-hydrogen) atoms. The second-order valence-corrected chi connectivity index (χ2v) is 4.81. The molecule has 2 aromatic heterocycles. The number of carbonyl (C=O) groups excluding carboxylic acids is 1. The number of nitrogens with one attached hydrogen (secondary N) is 2. The Hall–Kier alpha value is -2.96. The fourth-order valence-electron chi connectivity index (χ4n) is 2.03. The Morgan fingerprint density at radius 3 is 2.77 bits per heavy atom. The van der Waals surface area contributed by atoms with E-state index in [9.17, 15) is 9.18 Å². The molecule has 0 saturated heterocycles. The zero-order valence-corrected chi connectivity index (χ0v) is 11.9. The summed E-state index contributed by atoms with van der Waals surface area (Å²) in [5.41, 5.74) is 2.14. The van der Waals surface area contributed by atoms with E-state index in [2.05, 4.69) is 20.7 Å². The first kappa shape index (κ1) is 14.0. The highest BCUT2D eigenvalue weighted by Gasteiger charge is 2.04. The number of fused-ring (bicyclic) bond motifs is 1. The number of amides is 2. The minimum atomic E-state index is -0.347. The lowest BCUT2D eigenvalue weighted by molar-refractivity contribution is 0.251. The molecule has 0 atom stereocenters. The molecule has 0 unspecified atom stereocenters. The molecular weight excluding hydrogens is 285 g/mol. The highest BCUT2D eigenvalue weighted by Crippen LogP contribution is 2.09. The average molecular weight is 299 g/mol. The molecule has 3 rings (SSSR count). The molecule has 2 N–H and O–H groups in total. The quantitative estimate of drug-likeness (QED) is 0.780. The van der Waals surface area contributed by atoms with Crippen molar-refractivity contribution in [2.45, 2.75) is 13.5 Å². The Labute approximate surface area is 126 Å². The smallest absolute Gasteiger partial charge is 0.319 e. The van der Waals surface area contributed by atoms with E-state index in [4.69, 9.17) is 0 Å². The summed E-state index contributed by atoms with van der Waals surface area (Å²) < 4.78 is 14.4. The molecule has 0 spiro atoms. The molecule has 7 heteroatoms. The van der Waals surface area contributed by atoms with Gasteiger partial charge in [0.05, 0.1) is 11.9 Å². The third kappa shape index (κ3) is 3.20. The molecule has 0 bridgehead atoms. The monoisotopic (exact) mass is 299 g/mol. The number of benzene rings is 1. The molecule has 2 heterocycles. The minimum absolute atomic E-state index is 0.301. The van der Waals surface area contributed by atoms with E-state index in [0.717, 1.165) is 11.2 Å². The number of carbonyl (C=O) groups is 1. The predicted molar refractivity (Wildman–Crippen MR) is 80.0 cm³/mol. The van der Waals surface area contributed by atoms with Gasteiger partial charge in [0.1, 0.15) is 11.6 Å². The number of hydrogen-bond acceptors (Lipinski definition) is 3. The molecular formula is C15H14FN5O. The van der Waals surface area contributed by atoms with Gasteiger partial charge in [-0.15, -0.1) is 0 Å². The van der Waals surface area contributed by atoms with Crippen LogP contribution in [0.3, 0.4) is 0 Å². The van der Waals surface area contributed by atoms with Crippen molar-refractivity contribution in [2.75, 3.05) is 5.32 Å². The number of halogens is 1. The first-order valence-electron chi connectivity index (χ1n) is 6.72. The summed E-state index contributed by atoms with van der Waals surface area (Å²) >= 11 is 0. The molecule has 0 fully saturated rings. The lowest BCUT2D eigenvalue weighted by atomic mass is 10.2. The maximum Gasteiger partial charge on any atom is 0.319 e. The fourth-order valence-corrected chi connectivity index (χ4v) is 2.03. The Balaban J connectivity index is 1.61. The van der Waals surface area contributed by atoms with Crippen LogP contribution < -0.4 is 10.6 Å². The lowest BCUT2D eigenvalue weighted by Gasteiger charge is -2.07. The van der Waals surface area contributed by atoms with Gasteiger partial charge in [-0.1, -0.05) is 12.1 Å². The predicted octanol–water partition coefficient (Wildman–Crippen LogP) is 2.50. The topological polar surface area (TPSA) is 71.3 Å². The number of anilines is 1. The van der Waals surface area contributed by atoms with Crippen LogP contribution in [-0.4, -0.2) is 20.6 Å². The molecule has 0 saturated carbocycles. The third-order valence-electron chi connectivity index (χ3n) is 3.06. The van der Waals surface area contributed by atoms with E-state index in [1.807, 2.05) is 0 Å². The summed E-state index contributed by atoms with van der Waals surface area (Å²) in [6, 6.07) is 9.14. The Morgan fingerprint density at radius 2 is 2.00 bits per heavy atom. The van der Waals surface area contributed by atoms with Crippen molar-refractivity contribution < 1.29 is 9.18 Å². The molecule has 3 aromatic rings. The van der Waals surface area contributed by atoms with Gasteiger partial charge in [-0.3, -0.25) is 0 Å². The number of rotatable bonds is 3.